The number of aromatic nitrogens is 1. The van der Waals surface area contributed by atoms with Crippen LogP contribution >= 0.6 is 0 Å². The van der Waals surface area contributed by atoms with Crippen LogP contribution in [0.25, 0.3) is 0 Å². The average molecular weight is 282 g/mol. The third-order valence-corrected chi connectivity index (χ3v) is 4.46. The topological polar surface area (TPSA) is 104 Å². The lowest BCUT2D eigenvalue weighted by atomic mass is 10.2. The molecule has 1 aromatic heterocycles. The minimum atomic E-state index is -3.78. The maximum Gasteiger partial charge on any atom is 0.243 e. The van der Waals surface area contributed by atoms with Crippen molar-refractivity contribution >= 4 is 10.0 Å². The van der Waals surface area contributed by atoms with Crippen LogP contribution in [0.1, 0.15) is 5.69 Å². The molecule has 19 heavy (non-hydrogen) atoms. The first-order valence-corrected chi connectivity index (χ1v) is 7.18. The second-order valence-corrected chi connectivity index (χ2v) is 5.80. The van der Waals surface area contributed by atoms with Gasteiger partial charge in [-0.2, -0.15) is 5.26 Å². The minimum Gasteiger partial charge on any atom is -0.378 e. The van der Waals surface area contributed by atoms with Gasteiger partial charge in [0.25, 0.3) is 0 Å². The fraction of sp³-hybridized carbons (Fsp3) is 0.455. The van der Waals surface area contributed by atoms with Crippen molar-refractivity contribution in [3.05, 3.63) is 24.0 Å². The first-order valence-electron chi connectivity index (χ1n) is 5.69. The standard InChI is InChI=1S/C11H14N4O3S/c1-18-10-7-13-6-9(10)15-19(16,17)11-3-2-4-14-8(11)5-12/h2-4,9-10,13,15H,6-7H2,1H3/t9?,10-/m0/s1. The predicted octanol–water partition coefficient (Wildman–Crippen LogP) is -0.782. The molecule has 1 aliphatic rings. The highest BCUT2D eigenvalue weighted by molar-refractivity contribution is 7.89. The number of methoxy groups -OCH3 is 1. The smallest absolute Gasteiger partial charge is 0.243 e. The van der Waals surface area contributed by atoms with E-state index >= 15 is 0 Å². The first-order chi connectivity index (χ1) is 9.08. The minimum absolute atomic E-state index is 0.112. The van der Waals surface area contributed by atoms with Crippen molar-refractivity contribution in [2.45, 2.75) is 17.0 Å². The number of nitrogens with zero attached hydrogens (tertiary/aromatic N) is 2. The molecule has 1 aromatic rings. The molecule has 1 saturated heterocycles. The van der Waals surface area contributed by atoms with Crippen LogP contribution in [0, 0.1) is 11.3 Å². The Hall–Kier alpha value is -1.53. The Morgan fingerprint density at radius 3 is 3.05 bits per heavy atom. The van der Waals surface area contributed by atoms with Gasteiger partial charge in [-0.15, -0.1) is 0 Å². The number of hydrogen-bond acceptors (Lipinski definition) is 6. The molecule has 102 valence electrons. The van der Waals surface area contributed by atoms with Crippen molar-refractivity contribution in [2.75, 3.05) is 20.2 Å². The average Bonchev–Trinajstić information content (AvgIpc) is 2.85. The van der Waals surface area contributed by atoms with Crippen LogP contribution in [0.5, 0.6) is 0 Å². The molecule has 0 aromatic carbocycles. The molecule has 2 heterocycles. The van der Waals surface area contributed by atoms with E-state index in [1.165, 1.54) is 25.4 Å². The number of hydrogen-bond donors (Lipinski definition) is 2. The van der Waals surface area contributed by atoms with Gasteiger partial charge in [0.1, 0.15) is 11.0 Å². The first kappa shape index (κ1) is 13.9. The molecule has 7 nitrogen and oxygen atoms in total. The van der Waals surface area contributed by atoms with Gasteiger partial charge in [0.15, 0.2) is 5.69 Å². The van der Waals surface area contributed by atoms with Gasteiger partial charge in [-0.25, -0.2) is 18.1 Å². The second kappa shape index (κ2) is 5.63. The molecule has 2 rings (SSSR count). The third-order valence-electron chi connectivity index (χ3n) is 2.93. The van der Waals surface area contributed by atoms with Gasteiger partial charge in [0.05, 0.1) is 12.1 Å². The highest BCUT2D eigenvalue weighted by Gasteiger charge is 2.32. The zero-order chi connectivity index (χ0) is 13.9. The zero-order valence-corrected chi connectivity index (χ0v) is 11.1. The maximum atomic E-state index is 12.2. The molecule has 0 spiro atoms. The largest absolute Gasteiger partial charge is 0.378 e. The van der Waals surface area contributed by atoms with Crippen LogP contribution in [0.3, 0.4) is 0 Å². The Kier molecular flexibility index (Phi) is 4.11. The monoisotopic (exact) mass is 282 g/mol. The Labute approximate surface area is 111 Å². The SMILES string of the molecule is CO[C@H]1CNCC1NS(=O)(=O)c1cccnc1C#N. The number of nitrogens with one attached hydrogen (secondary N) is 2. The van der Waals surface area contributed by atoms with Gasteiger partial charge < -0.3 is 10.1 Å². The molecule has 1 unspecified atom stereocenters. The number of pyridine rings is 1. The molecule has 2 N–H and O–H groups in total. The molecule has 8 heteroatoms. The zero-order valence-electron chi connectivity index (χ0n) is 10.3. The quantitative estimate of drug-likeness (QED) is 0.750. The molecular weight excluding hydrogens is 268 g/mol. The van der Waals surface area contributed by atoms with Crippen molar-refractivity contribution < 1.29 is 13.2 Å². The van der Waals surface area contributed by atoms with E-state index in [-0.39, 0.29) is 22.7 Å². The number of rotatable bonds is 4. The number of sulfonamides is 1. The fourth-order valence-corrected chi connectivity index (χ4v) is 3.35. The van der Waals surface area contributed by atoms with Gasteiger partial charge in [0, 0.05) is 26.4 Å². The van der Waals surface area contributed by atoms with Gasteiger partial charge in [-0.05, 0) is 12.1 Å². The Balaban J connectivity index is 2.26. The van der Waals surface area contributed by atoms with Crippen molar-refractivity contribution in [1.29, 1.82) is 5.26 Å². The molecule has 0 amide bonds. The summed E-state index contributed by atoms with van der Waals surface area (Å²) in [5.41, 5.74) is -0.116. The molecule has 1 fully saturated rings. The lowest BCUT2D eigenvalue weighted by Crippen LogP contribution is -2.43. The van der Waals surface area contributed by atoms with Crippen LogP contribution < -0.4 is 10.0 Å². The van der Waals surface area contributed by atoms with Crippen molar-refractivity contribution in [2.24, 2.45) is 0 Å². The van der Waals surface area contributed by atoms with Gasteiger partial charge >= 0.3 is 0 Å². The predicted molar refractivity (Wildman–Crippen MR) is 66.7 cm³/mol. The Morgan fingerprint density at radius 2 is 2.37 bits per heavy atom. The summed E-state index contributed by atoms with van der Waals surface area (Å²) in [6.45, 7) is 1.07. The molecule has 0 radical (unpaired) electrons. The molecular formula is C11H14N4O3S. The highest BCUT2D eigenvalue weighted by atomic mass is 32.2. The fourth-order valence-electron chi connectivity index (χ4n) is 1.97. The lowest BCUT2D eigenvalue weighted by molar-refractivity contribution is 0.103. The van der Waals surface area contributed by atoms with Crippen LogP contribution in [0.2, 0.25) is 0 Å². The number of ether oxygens (including phenoxy) is 1. The van der Waals surface area contributed by atoms with E-state index in [4.69, 9.17) is 10.00 Å². The molecule has 0 aliphatic carbocycles. The van der Waals surface area contributed by atoms with E-state index in [1.54, 1.807) is 6.07 Å². The molecule has 0 bridgehead atoms. The van der Waals surface area contributed by atoms with Crippen molar-refractivity contribution in [1.82, 2.24) is 15.0 Å². The Bertz CT molecular complexity index is 596. The van der Waals surface area contributed by atoms with E-state index in [0.717, 1.165) is 0 Å². The summed E-state index contributed by atoms with van der Waals surface area (Å²) in [5.74, 6) is 0. The summed E-state index contributed by atoms with van der Waals surface area (Å²) in [6, 6.07) is 4.26. The van der Waals surface area contributed by atoms with Crippen LogP contribution in [0.15, 0.2) is 23.2 Å². The summed E-state index contributed by atoms with van der Waals surface area (Å²) in [5, 5.41) is 11.9. The van der Waals surface area contributed by atoms with Gasteiger partial charge in [0.2, 0.25) is 10.0 Å². The van der Waals surface area contributed by atoms with Crippen LogP contribution in [-0.4, -0.2) is 45.7 Å². The summed E-state index contributed by atoms with van der Waals surface area (Å²) < 4.78 is 32.2. The van der Waals surface area contributed by atoms with Gasteiger partial charge in [-0.1, -0.05) is 0 Å². The number of nitriles is 1. The van der Waals surface area contributed by atoms with E-state index in [2.05, 4.69) is 15.0 Å². The van der Waals surface area contributed by atoms with Crippen LogP contribution in [0.4, 0.5) is 0 Å². The van der Waals surface area contributed by atoms with Crippen molar-refractivity contribution in [3.63, 3.8) is 0 Å². The summed E-state index contributed by atoms with van der Waals surface area (Å²) >= 11 is 0. The lowest BCUT2D eigenvalue weighted by Gasteiger charge is -2.18. The maximum absolute atomic E-state index is 12.2. The summed E-state index contributed by atoms with van der Waals surface area (Å²) in [7, 11) is -2.25. The van der Waals surface area contributed by atoms with Crippen molar-refractivity contribution in [3.8, 4) is 6.07 Å². The molecule has 2 atom stereocenters. The van der Waals surface area contributed by atoms with Crippen LogP contribution in [-0.2, 0) is 14.8 Å². The van der Waals surface area contributed by atoms with E-state index < -0.39 is 10.0 Å². The van der Waals surface area contributed by atoms with E-state index in [9.17, 15) is 8.42 Å². The van der Waals surface area contributed by atoms with Gasteiger partial charge in [-0.3, -0.25) is 0 Å². The highest BCUT2D eigenvalue weighted by Crippen LogP contribution is 2.14. The molecule has 0 saturated carbocycles. The Morgan fingerprint density at radius 1 is 1.58 bits per heavy atom. The van der Waals surface area contributed by atoms with E-state index in [0.29, 0.717) is 13.1 Å². The summed E-state index contributed by atoms with van der Waals surface area (Å²) in [6.07, 6.45) is 1.16. The second-order valence-electron chi connectivity index (χ2n) is 4.12. The normalized spacial score (nSPS) is 23.2. The molecule has 1 aliphatic heterocycles. The third kappa shape index (κ3) is 2.90. The van der Waals surface area contributed by atoms with E-state index in [1.807, 2.05) is 0 Å². The summed E-state index contributed by atoms with van der Waals surface area (Å²) in [4.78, 5) is 3.64.